The second kappa shape index (κ2) is 21.8. The zero-order chi connectivity index (χ0) is 36.5. The molecule has 4 unspecified atom stereocenters. The molecule has 0 heterocycles. The minimum Gasteiger partial charge on any atom is -0.455 e. The van der Waals surface area contributed by atoms with Crippen molar-refractivity contribution in [2.45, 2.75) is 114 Å². The number of ether oxygens (including phenoxy) is 3. The van der Waals surface area contributed by atoms with Crippen molar-refractivity contribution in [3.05, 3.63) is 0 Å². The predicted molar refractivity (Wildman–Crippen MR) is 157 cm³/mol. The van der Waals surface area contributed by atoms with Crippen LogP contribution in [-0.4, -0.2) is 119 Å². The Morgan fingerprint density at radius 3 is 0.854 bits per heavy atom. The third-order valence-electron chi connectivity index (χ3n) is 6.64. The number of hydrogen-bond acceptors (Lipinski definition) is 15. The van der Waals surface area contributed by atoms with Crippen LogP contribution >= 0.6 is 23.5 Å². The SMILES string of the molecule is O=C(CCCCCO)OC1C(OC(=O)CCCCCO)C(OP(=O)(O)O)C(OP(=O)(O)O)C(OP(=O)(O)O)C1OC(=O)CCCCCO. The molecule has 1 aliphatic rings. The second-order valence-corrected chi connectivity index (χ2v) is 14.2. The van der Waals surface area contributed by atoms with E-state index in [4.69, 9.17) is 29.5 Å². The van der Waals surface area contributed by atoms with Crippen molar-refractivity contribution in [2.24, 2.45) is 0 Å². The number of esters is 3. The van der Waals surface area contributed by atoms with Gasteiger partial charge in [-0.3, -0.25) is 28.0 Å². The molecule has 0 aliphatic heterocycles. The number of phosphoric acid groups is 3. The first-order valence-electron chi connectivity index (χ1n) is 14.9. The molecule has 0 amide bonds. The Bertz CT molecular complexity index is 1070. The summed E-state index contributed by atoms with van der Waals surface area (Å²) in [4.78, 5) is 96.9. The normalized spacial score (nSPS) is 23.4. The van der Waals surface area contributed by atoms with Gasteiger partial charge in [0.25, 0.3) is 0 Å². The van der Waals surface area contributed by atoms with Gasteiger partial charge in [-0.15, -0.1) is 0 Å². The van der Waals surface area contributed by atoms with E-state index in [0.717, 1.165) is 0 Å². The van der Waals surface area contributed by atoms with Gasteiger partial charge < -0.3 is 58.9 Å². The number of aliphatic hydroxyl groups excluding tert-OH is 3. The topological polar surface area (TPSA) is 340 Å². The first-order valence-corrected chi connectivity index (χ1v) is 19.5. The van der Waals surface area contributed by atoms with E-state index in [1.165, 1.54) is 0 Å². The molecule has 1 aliphatic carbocycles. The summed E-state index contributed by atoms with van der Waals surface area (Å²) in [5.74, 6) is -3.43. The quantitative estimate of drug-likeness (QED) is 0.0267. The minimum absolute atomic E-state index is 0.101. The van der Waals surface area contributed by atoms with Crippen LogP contribution in [0.25, 0.3) is 0 Å². The molecule has 1 rings (SSSR count). The Hall–Kier alpha value is -1.38. The Labute approximate surface area is 275 Å². The van der Waals surface area contributed by atoms with Crippen LogP contribution in [0, 0.1) is 0 Å². The van der Waals surface area contributed by atoms with Crippen molar-refractivity contribution in [1.29, 1.82) is 0 Å². The highest BCUT2D eigenvalue weighted by atomic mass is 31.2. The number of phosphoric ester groups is 3. The molecular weight excluding hydrogens is 717 g/mol. The third-order valence-corrected chi connectivity index (χ3v) is 8.19. The van der Waals surface area contributed by atoms with Crippen molar-refractivity contribution in [3.8, 4) is 0 Å². The summed E-state index contributed by atoms with van der Waals surface area (Å²) in [6.07, 6.45) is -13.8. The number of carbonyl (C=O) groups excluding carboxylic acids is 3. The van der Waals surface area contributed by atoms with Crippen molar-refractivity contribution >= 4 is 41.4 Å². The van der Waals surface area contributed by atoms with Crippen LogP contribution in [-0.2, 0) is 55.9 Å². The lowest BCUT2D eigenvalue weighted by molar-refractivity contribution is -0.241. The van der Waals surface area contributed by atoms with Crippen LogP contribution in [0.5, 0.6) is 0 Å². The van der Waals surface area contributed by atoms with Crippen molar-refractivity contribution in [1.82, 2.24) is 0 Å². The van der Waals surface area contributed by atoms with Gasteiger partial charge in [0.2, 0.25) is 0 Å². The largest absolute Gasteiger partial charge is 0.470 e. The summed E-state index contributed by atoms with van der Waals surface area (Å²) in [5.41, 5.74) is 0. The lowest BCUT2D eigenvalue weighted by Crippen LogP contribution is -2.67. The number of rotatable bonds is 24. The van der Waals surface area contributed by atoms with Gasteiger partial charge in [-0.2, -0.15) is 0 Å². The van der Waals surface area contributed by atoms with Gasteiger partial charge in [0.15, 0.2) is 18.3 Å². The van der Waals surface area contributed by atoms with Crippen LogP contribution in [0.2, 0.25) is 0 Å². The Morgan fingerprint density at radius 2 is 0.625 bits per heavy atom. The summed E-state index contributed by atoms with van der Waals surface area (Å²) < 4.78 is 66.3. The van der Waals surface area contributed by atoms with E-state index in [0.29, 0.717) is 25.7 Å². The van der Waals surface area contributed by atoms with Gasteiger partial charge in [0, 0.05) is 39.1 Å². The summed E-state index contributed by atoms with van der Waals surface area (Å²) in [7, 11) is -17.4. The van der Waals surface area contributed by atoms with Crippen LogP contribution < -0.4 is 0 Å². The van der Waals surface area contributed by atoms with E-state index in [2.05, 4.69) is 13.6 Å². The zero-order valence-electron chi connectivity index (χ0n) is 25.8. The standard InChI is InChI=1S/C24H45O21P3/c25-13-7-1-4-10-16(28)40-19-20(41-17(29)11-5-2-8-14-26)22(43-46(31,32)33)24(45-48(37,38)39)23(44-47(34,35)36)21(19)42-18(30)12-6-3-9-15-27/h19-27H,1-15H2,(H2,31,32,33)(H2,34,35,36)(H2,37,38,39). The number of unbranched alkanes of at least 4 members (excludes halogenated alkanes) is 6. The number of aliphatic hydroxyl groups is 3. The van der Waals surface area contributed by atoms with E-state index in [-0.39, 0.29) is 51.9 Å². The fraction of sp³-hybridized carbons (Fsp3) is 0.875. The van der Waals surface area contributed by atoms with Crippen molar-refractivity contribution < 1.29 is 101 Å². The molecule has 1 fully saturated rings. The van der Waals surface area contributed by atoms with Crippen LogP contribution in [0.1, 0.15) is 77.0 Å². The van der Waals surface area contributed by atoms with E-state index in [1.54, 1.807) is 0 Å². The van der Waals surface area contributed by atoms with Crippen LogP contribution in [0.3, 0.4) is 0 Å². The highest BCUT2D eigenvalue weighted by molar-refractivity contribution is 7.47. The maximum absolute atomic E-state index is 13.0. The summed E-state index contributed by atoms with van der Waals surface area (Å²) in [6.45, 7) is -0.614. The van der Waals surface area contributed by atoms with E-state index < -0.39 is 97.3 Å². The molecule has 9 N–H and O–H groups in total. The average molecular weight is 763 g/mol. The molecule has 48 heavy (non-hydrogen) atoms. The molecule has 0 aromatic rings. The molecule has 0 radical (unpaired) electrons. The zero-order valence-corrected chi connectivity index (χ0v) is 28.5. The monoisotopic (exact) mass is 762 g/mol. The first kappa shape index (κ1) is 44.6. The predicted octanol–water partition coefficient (Wildman–Crippen LogP) is -0.173. The molecule has 0 aromatic heterocycles. The van der Waals surface area contributed by atoms with Crippen molar-refractivity contribution in [3.63, 3.8) is 0 Å². The van der Waals surface area contributed by atoms with Gasteiger partial charge >= 0.3 is 41.4 Å². The van der Waals surface area contributed by atoms with E-state index in [1.807, 2.05) is 0 Å². The molecule has 4 atom stereocenters. The first-order chi connectivity index (χ1) is 22.3. The van der Waals surface area contributed by atoms with E-state index >= 15 is 0 Å². The fourth-order valence-corrected chi connectivity index (χ4v) is 6.34. The van der Waals surface area contributed by atoms with Crippen molar-refractivity contribution in [2.75, 3.05) is 19.8 Å². The Balaban J connectivity index is 3.83. The Kier molecular flexibility index (Phi) is 20.2. The lowest BCUT2D eigenvalue weighted by atomic mass is 9.84. The molecular formula is C24H45O21P3. The maximum Gasteiger partial charge on any atom is 0.470 e. The van der Waals surface area contributed by atoms with Gasteiger partial charge in [-0.05, 0) is 38.5 Å². The molecule has 21 nitrogen and oxygen atoms in total. The van der Waals surface area contributed by atoms with Gasteiger partial charge in [-0.1, -0.05) is 19.3 Å². The molecule has 1 saturated carbocycles. The Morgan fingerprint density at radius 1 is 0.396 bits per heavy atom. The lowest BCUT2D eigenvalue weighted by Gasteiger charge is -2.47. The molecule has 0 aromatic carbocycles. The second-order valence-electron chi connectivity index (χ2n) is 10.6. The average Bonchev–Trinajstić information content (AvgIpc) is 2.95. The third kappa shape index (κ3) is 18.6. The summed E-state index contributed by atoms with van der Waals surface area (Å²) in [5, 5.41) is 27.0. The molecule has 282 valence electrons. The molecule has 0 bridgehead atoms. The van der Waals surface area contributed by atoms with Crippen LogP contribution in [0.4, 0.5) is 0 Å². The fourth-order valence-electron chi connectivity index (χ4n) is 4.67. The molecule has 0 saturated heterocycles. The summed E-state index contributed by atoms with van der Waals surface area (Å²) >= 11 is 0. The number of carbonyl (C=O) groups is 3. The molecule has 0 spiro atoms. The smallest absolute Gasteiger partial charge is 0.455 e. The van der Waals surface area contributed by atoms with Gasteiger partial charge in [-0.25, -0.2) is 13.7 Å². The number of hydrogen-bond donors (Lipinski definition) is 9. The van der Waals surface area contributed by atoms with Gasteiger partial charge in [0.05, 0.1) is 0 Å². The minimum atomic E-state index is -5.80. The molecule has 24 heteroatoms. The van der Waals surface area contributed by atoms with Gasteiger partial charge in [0.1, 0.15) is 18.3 Å². The maximum atomic E-state index is 13.0. The highest BCUT2D eigenvalue weighted by Crippen LogP contribution is 2.51. The van der Waals surface area contributed by atoms with E-state index in [9.17, 15) is 57.4 Å². The summed E-state index contributed by atoms with van der Waals surface area (Å²) in [6, 6.07) is 0. The highest BCUT2D eigenvalue weighted by Gasteiger charge is 2.62. The van der Waals surface area contributed by atoms with Crippen LogP contribution in [0.15, 0.2) is 0 Å².